The summed E-state index contributed by atoms with van der Waals surface area (Å²) in [5.41, 5.74) is 1.80. The summed E-state index contributed by atoms with van der Waals surface area (Å²) < 4.78 is 10.5. The normalized spacial score (nSPS) is 11.0. The number of nitrogens with zero attached hydrogens (tertiary/aromatic N) is 1. The number of ether oxygens (including phenoxy) is 2. The van der Waals surface area contributed by atoms with Crippen LogP contribution in [0, 0.1) is 0 Å². The largest absolute Gasteiger partial charge is 0.497 e. The molecule has 0 heterocycles. The molecule has 0 aliphatic heterocycles. The average molecular weight is 340 g/mol. The first-order valence-electron chi connectivity index (χ1n) is 8.39. The Morgan fingerprint density at radius 1 is 1.08 bits per heavy atom. The molecule has 0 aliphatic rings. The van der Waals surface area contributed by atoms with Gasteiger partial charge in [0.05, 0.1) is 13.7 Å². The molecule has 5 heteroatoms. The summed E-state index contributed by atoms with van der Waals surface area (Å²) >= 11 is 0. The van der Waals surface area contributed by atoms with Crippen molar-refractivity contribution in [3.8, 4) is 5.75 Å². The van der Waals surface area contributed by atoms with Crippen LogP contribution in [-0.2, 0) is 11.2 Å². The number of benzene rings is 2. The number of rotatable bonds is 7. The number of amides is 1. The Bertz CT molecular complexity index is 682. The minimum atomic E-state index is -0.252. The molecule has 0 saturated carbocycles. The summed E-state index contributed by atoms with van der Waals surface area (Å²) in [6.45, 7) is 2.90. The van der Waals surface area contributed by atoms with E-state index in [1.54, 1.807) is 31.4 Å². The molecule has 2 aromatic rings. The SMILES string of the molecule is CCOC(=NCCCc1ccccc1)NC(=O)c1ccc(OC)cc1. The Morgan fingerprint density at radius 3 is 2.44 bits per heavy atom. The quantitative estimate of drug-likeness (QED) is 0.477. The summed E-state index contributed by atoms with van der Waals surface area (Å²) in [5, 5.41) is 2.72. The Hall–Kier alpha value is -2.82. The smallest absolute Gasteiger partial charge is 0.291 e. The molecule has 2 rings (SSSR count). The van der Waals surface area contributed by atoms with Crippen molar-refractivity contribution in [2.45, 2.75) is 19.8 Å². The first-order chi connectivity index (χ1) is 12.2. The van der Waals surface area contributed by atoms with E-state index in [0.29, 0.717) is 24.5 Å². The van der Waals surface area contributed by atoms with Crippen molar-refractivity contribution < 1.29 is 14.3 Å². The third kappa shape index (κ3) is 6.30. The highest BCUT2D eigenvalue weighted by molar-refractivity contribution is 6.04. The number of carbonyl (C=O) groups is 1. The van der Waals surface area contributed by atoms with E-state index in [1.807, 2.05) is 25.1 Å². The highest BCUT2D eigenvalue weighted by Crippen LogP contribution is 2.11. The van der Waals surface area contributed by atoms with Gasteiger partial charge in [-0.05, 0) is 49.6 Å². The Balaban J connectivity index is 1.88. The van der Waals surface area contributed by atoms with Crippen molar-refractivity contribution in [1.82, 2.24) is 5.32 Å². The standard InChI is InChI=1S/C20H24N2O3/c1-3-25-20(21-15-7-10-16-8-5-4-6-9-16)22-19(23)17-11-13-18(24-2)14-12-17/h4-6,8-9,11-14H,3,7,10,15H2,1-2H3,(H,21,22,23). The molecule has 2 aromatic carbocycles. The Kier molecular flexibility index (Phi) is 7.50. The lowest BCUT2D eigenvalue weighted by Gasteiger charge is -2.09. The van der Waals surface area contributed by atoms with Crippen LogP contribution < -0.4 is 10.1 Å². The number of hydrogen-bond donors (Lipinski definition) is 1. The van der Waals surface area contributed by atoms with Crippen LogP contribution in [0.2, 0.25) is 0 Å². The van der Waals surface area contributed by atoms with E-state index in [4.69, 9.17) is 9.47 Å². The van der Waals surface area contributed by atoms with Gasteiger partial charge in [0.2, 0.25) is 0 Å². The van der Waals surface area contributed by atoms with Gasteiger partial charge in [-0.15, -0.1) is 0 Å². The molecule has 0 aliphatic carbocycles. The van der Waals surface area contributed by atoms with E-state index in [9.17, 15) is 4.79 Å². The fourth-order valence-electron chi connectivity index (χ4n) is 2.28. The predicted molar refractivity (Wildman–Crippen MR) is 99.2 cm³/mol. The highest BCUT2D eigenvalue weighted by atomic mass is 16.5. The zero-order chi connectivity index (χ0) is 17.9. The molecular formula is C20H24N2O3. The topological polar surface area (TPSA) is 59.9 Å². The highest BCUT2D eigenvalue weighted by Gasteiger charge is 2.09. The minimum absolute atomic E-state index is 0.252. The number of aryl methyl sites for hydroxylation is 1. The number of amidine groups is 1. The molecule has 0 spiro atoms. The number of methoxy groups -OCH3 is 1. The van der Waals surface area contributed by atoms with E-state index in [1.165, 1.54) is 5.56 Å². The number of aliphatic imine (C=N–C) groups is 1. The third-order valence-electron chi connectivity index (χ3n) is 3.58. The molecule has 0 atom stereocenters. The van der Waals surface area contributed by atoms with Gasteiger partial charge in [-0.1, -0.05) is 30.3 Å². The van der Waals surface area contributed by atoms with E-state index in [0.717, 1.165) is 12.8 Å². The van der Waals surface area contributed by atoms with E-state index < -0.39 is 0 Å². The maximum Gasteiger partial charge on any atom is 0.291 e. The lowest BCUT2D eigenvalue weighted by atomic mass is 10.1. The third-order valence-corrected chi connectivity index (χ3v) is 3.58. The molecule has 0 aromatic heterocycles. The van der Waals surface area contributed by atoms with Crippen LogP contribution in [0.25, 0.3) is 0 Å². The van der Waals surface area contributed by atoms with Crippen LogP contribution in [0.4, 0.5) is 0 Å². The zero-order valence-electron chi connectivity index (χ0n) is 14.7. The molecular weight excluding hydrogens is 316 g/mol. The fraction of sp³-hybridized carbons (Fsp3) is 0.300. The van der Waals surface area contributed by atoms with Crippen LogP contribution in [0.5, 0.6) is 5.75 Å². The summed E-state index contributed by atoms with van der Waals surface area (Å²) in [6.07, 6.45) is 1.83. The van der Waals surface area contributed by atoms with Gasteiger partial charge in [0.25, 0.3) is 11.9 Å². The lowest BCUT2D eigenvalue weighted by molar-refractivity contribution is 0.0966. The summed E-state index contributed by atoms with van der Waals surface area (Å²) in [6, 6.07) is 17.4. The molecule has 5 nitrogen and oxygen atoms in total. The van der Waals surface area contributed by atoms with Gasteiger partial charge in [0.1, 0.15) is 5.75 Å². The second kappa shape index (κ2) is 10.1. The van der Waals surface area contributed by atoms with Crippen LogP contribution in [-0.4, -0.2) is 32.2 Å². The molecule has 1 amide bonds. The average Bonchev–Trinajstić information content (AvgIpc) is 2.66. The van der Waals surface area contributed by atoms with Crippen LogP contribution >= 0.6 is 0 Å². The van der Waals surface area contributed by atoms with Gasteiger partial charge < -0.3 is 9.47 Å². The molecule has 0 fully saturated rings. The minimum Gasteiger partial charge on any atom is -0.497 e. The van der Waals surface area contributed by atoms with Gasteiger partial charge in [-0.25, -0.2) is 4.99 Å². The van der Waals surface area contributed by atoms with Crippen molar-refractivity contribution in [3.05, 3.63) is 65.7 Å². The monoisotopic (exact) mass is 340 g/mol. The van der Waals surface area contributed by atoms with Gasteiger partial charge in [-0.3, -0.25) is 10.1 Å². The van der Waals surface area contributed by atoms with Crippen LogP contribution in [0.3, 0.4) is 0 Å². The zero-order valence-corrected chi connectivity index (χ0v) is 14.7. The Morgan fingerprint density at radius 2 is 1.80 bits per heavy atom. The van der Waals surface area contributed by atoms with Gasteiger partial charge in [-0.2, -0.15) is 0 Å². The van der Waals surface area contributed by atoms with Crippen molar-refractivity contribution in [2.75, 3.05) is 20.3 Å². The first kappa shape index (κ1) is 18.5. The second-order valence-corrected chi connectivity index (χ2v) is 5.39. The Labute approximate surface area is 148 Å². The van der Waals surface area contributed by atoms with Crippen LogP contribution in [0.15, 0.2) is 59.6 Å². The molecule has 0 radical (unpaired) electrons. The first-order valence-corrected chi connectivity index (χ1v) is 8.39. The molecule has 0 bridgehead atoms. The maximum absolute atomic E-state index is 12.3. The number of nitrogens with one attached hydrogen (secondary N) is 1. The van der Waals surface area contributed by atoms with Crippen LogP contribution in [0.1, 0.15) is 29.3 Å². The number of carbonyl (C=O) groups excluding carboxylic acids is 1. The van der Waals surface area contributed by atoms with Crippen molar-refractivity contribution >= 4 is 11.9 Å². The fourth-order valence-corrected chi connectivity index (χ4v) is 2.28. The molecule has 0 saturated heterocycles. The summed E-state index contributed by atoms with van der Waals surface area (Å²) in [5.74, 6) is 0.453. The van der Waals surface area contributed by atoms with Gasteiger partial charge in [0.15, 0.2) is 0 Å². The van der Waals surface area contributed by atoms with E-state index in [2.05, 4.69) is 22.4 Å². The van der Waals surface area contributed by atoms with Crippen molar-refractivity contribution in [2.24, 2.45) is 4.99 Å². The van der Waals surface area contributed by atoms with Gasteiger partial charge >= 0.3 is 0 Å². The van der Waals surface area contributed by atoms with Crippen molar-refractivity contribution in [1.29, 1.82) is 0 Å². The van der Waals surface area contributed by atoms with Crippen molar-refractivity contribution in [3.63, 3.8) is 0 Å². The lowest BCUT2D eigenvalue weighted by Crippen LogP contribution is -2.32. The predicted octanol–water partition coefficient (Wildman–Crippen LogP) is 3.45. The maximum atomic E-state index is 12.3. The van der Waals surface area contributed by atoms with Gasteiger partial charge in [0, 0.05) is 12.1 Å². The summed E-state index contributed by atoms with van der Waals surface area (Å²) in [4.78, 5) is 16.6. The molecule has 25 heavy (non-hydrogen) atoms. The molecule has 1 N–H and O–H groups in total. The van der Waals surface area contributed by atoms with E-state index in [-0.39, 0.29) is 11.9 Å². The molecule has 0 unspecified atom stereocenters. The molecule has 132 valence electrons. The second-order valence-electron chi connectivity index (χ2n) is 5.39. The number of hydrogen-bond acceptors (Lipinski definition) is 4. The van der Waals surface area contributed by atoms with E-state index >= 15 is 0 Å². The summed E-state index contributed by atoms with van der Waals surface area (Å²) in [7, 11) is 1.59.